The van der Waals surface area contributed by atoms with E-state index in [0.29, 0.717) is 6.42 Å². The largest absolute Gasteiger partial charge is 0.462 e. The normalized spacial score (nSPS) is 21.4. The van der Waals surface area contributed by atoms with Crippen LogP contribution in [-0.2, 0) is 28.6 Å². The van der Waals surface area contributed by atoms with E-state index in [1.165, 1.54) is 75.7 Å². The SMILES string of the molecule is CCCCCCCCCCC(=O)OC[C@H](CSC[C@@H](N)C(=O)Nc1cn([C@@H]2OC(CO)C(O)C(O)C2O)nn1)OC(=O)CCCCCCCCCC. The zero-order valence-corrected chi connectivity index (χ0v) is 32.1. The highest BCUT2D eigenvalue weighted by Crippen LogP contribution is 2.28. The standard InChI is InChI=1S/C36H65N5O10S/c1-3-5-7-9-11-13-15-17-19-30(43)49-23-26(50-31(44)20-18-16-14-12-10-8-6-4-2)24-52-25-27(37)35(48)38-29-21-41(40-39-29)36-34(47)33(46)32(45)28(22-42)51-36/h21,26-28,32-34,36,42,45-47H,3-20,22-25,37H2,1-2H3,(H,38,48)/t26-,27-,28?,32?,33?,34?,36-/m1/s1. The number of nitrogens with two attached hydrogens (primary N) is 1. The Labute approximate surface area is 313 Å². The van der Waals surface area contributed by atoms with E-state index in [1.807, 2.05) is 0 Å². The average molecular weight is 760 g/mol. The maximum atomic E-state index is 12.8. The number of hydrogen-bond acceptors (Lipinski definition) is 14. The van der Waals surface area contributed by atoms with Gasteiger partial charge in [-0.05, 0) is 12.8 Å². The Balaban J connectivity index is 1.82. The van der Waals surface area contributed by atoms with Gasteiger partial charge in [-0.25, -0.2) is 4.68 Å². The number of carbonyl (C=O) groups excluding carboxylic acids is 3. The van der Waals surface area contributed by atoms with Gasteiger partial charge in [-0.1, -0.05) is 109 Å². The van der Waals surface area contributed by atoms with Crippen molar-refractivity contribution >= 4 is 35.4 Å². The number of amides is 1. The molecule has 7 atom stereocenters. The number of ether oxygens (including phenoxy) is 3. The predicted molar refractivity (Wildman–Crippen MR) is 198 cm³/mol. The fourth-order valence-corrected chi connectivity index (χ4v) is 6.77. The summed E-state index contributed by atoms with van der Waals surface area (Å²) >= 11 is 1.28. The minimum Gasteiger partial charge on any atom is -0.462 e. The van der Waals surface area contributed by atoms with Crippen LogP contribution < -0.4 is 11.1 Å². The van der Waals surface area contributed by atoms with Crippen LogP contribution in [0.4, 0.5) is 5.82 Å². The van der Waals surface area contributed by atoms with Crippen molar-refractivity contribution < 1.29 is 49.0 Å². The van der Waals surface area contributed by atoms with Gasteiger partial charge in [0.1, 0.15) is 37.1 Å². The molecule has 0 aliphatic carbocycles. The number of esters is 2. The van der Waals surface area contributed by atoms with Crippen molar-refractivity contribution in [1.29, 1.82) is 0 Å². The number of anilines is 1. The van der Waals surface area contributed by atoms with E-state index in [4.69, 9.17) is 19.9 Å². The van der Waals surface area contributed by atoms with Crippen molar-refractivity contribution in [2.45, 2.75) is 172 Å². The Morgan fingerprint density at radius 1 is 0.846 bits per heavy atom. The molecule has 1 amide bonds. The molecule has 1 fully saturated rings. The molecular formula is C36H65N5O10S. The lowest BCUT2D eigenvalue weighted by Gasteiger charge is -2.39. The third kappa shape index (κ3) is 18.1. The Kier molecular flexibility index (Phi) is 24.0. The summed E-state index contributed by atoms with van der Waals surface area (Å²) in [5.41, 5.74) is 6.13. The molecular weight excluding hydrogens is 694 g/mol. The van der Waals surface area contributed by atoms with E-state index < -0.39 is 55.3 Å². The first-order valence-corrected chi connectivity index (χ1v) is 20.5. The molecule has 1 aliphatic heterocycles. The van der Waals surface area contributed by atoms with Crippen molar-refractivity contribution in [1.82, 2.24) is 15.0 Å². The van der Waals surface area contributed by atoms with Crippen LogP contribution in [0.25, 0.3) is 0 Å². The monoisotopic (exact) mass is 759 g/mol. The van der Waals surface area contributed by atoms with Crippen LogP contribution in [0.15, 0.2) is 6.20 Å². The summed E-state index contributed by atoms with van der Waals surface area (Å²) in [7, 11) is 0. The first kappa shape index (κ1) is 45.8. The van der Waals surface area contributed by atoms with Gasteiger partial charge >= 0.3 is 11.9 Å². The van der Waals surface area contributed by atoms with E-state index in [1.54, 1.807) is 0 Å². The molecule has 0 aromatic carbocycles. The summed E-state index contributed by atoms with van der Waals surface area (Å²) in [5.74, 6) is -0.826. The molecule has 0 spiro atoms. The minimum atomic E-state index is -1.60. The van der Waals surface area contributed by atoms with Gasteiger partial charge in [-0.2, -0.15) is 11.8 Å². The van der Waals surface area contributed by atoms with Gasteiger partial charge < -0.3 is 45.7 Å². The molecule has 7 N–H and O–H groups in total. The zero-order valence-electron chi connectivity index (χ0n) is 31.2. The molecule has 15 nitrogen and oxygen atoms in total. The zero-order chi connectivity index (χ0) is 38.1. The lowest BCUT2D eigenvalue weighted by atomic mass is 9.98. The highest BCUT2D eigenvalue weighted by atomic mass is 32.2. The molecule has 52 heavy (non-hydrogen) atoms. The average Bonchev–Trinajstić information content (AvgIpc) is 3.59. The molecule has 0 radical (unpaired) electrons. The first-order chi connectivity index (χ1) is 25.1. The molecule has 1 saturated heterocycles. The van der Waals surface area contributed by atoms with Crippen LogP contribution in [0.1, 0.15) is 136 Å². The van der Waals surface area contributed by atoms with E-state index in [-0.39, 0.29) is 42.3 Å². The second-order valence-corrected chi connectivity index (χ2v) is 14.8. The van der Waals surface area contributed by atoms with Crippen molar-refractivity contribution in [2.75, 3.05) is 30.0 Å². The highest BCUT2D eigenvalue weighted by molar-refractivity contribution is 7.99. The second-order valence-electron chi connectivity index (χ2n) is 13.7. The van der Waals surface area contributed by atoms with E-state index in [2.05, 4.69) is 29.5 Å². The molecule has 4 unspecified atom stereocenters. The Hall–Kier alpha value is -2.34. The predicted octanol–water partition coefficient (Wildman–Crippen LogP) is 3.77. The van der Waals surface area contributed by atoms with Crippen LogP contribution in [0.2, 0.25) is 0 Å². The van der Waals surface area contributed by atoms with Gasteiger partial charge in [0.2, 0.25) is 5.91 Å². The van der Waals surface area contributed by atoms with Crippen molar-refractivity contribution in [3.63, 3.8) is 0 Å². The van der Waals surface area contributed by atoms with Crippen molar-refractivity contribution in [2.24, 2.45) is 5.73 Å². The van der Waals surface area contributed by atoms with Crippen LogP contribution in [0.3, 0.4) is 0 Å². The summed E-state index contributed by atoms with van der Waals surface area (Å²) < 4.78 is 17.7. The molecule has 1 aliphatic rings. The Morgan fingerprint density at radius 3 is 1.98 bits per heavy atom. The van der Waals surface area contributed by atoms with E-state index in [0.717, 1.165) is 49.6 Å². The maximum absolute atomic E-state index is 12.8. The summed E-state index contributed by atoms with van der Waals surface area (Å²) in [6.07, 6.45) is 11.8. The van der Waals surface area contributed by atoms with Gasteiger partial charge in [-0.15, -0.1) is 5.10 Å². The maximum Gasteiger partial charge on any atom is 0.306 e. The number of nitrogens with one attached hydrogen (secondary N) is 1. The number of aliphatic hydroxyl groups is 4. The van der Waals surface area contributed by atoms with Crippen LogP contribution >= 0.6 is 11.8 Å². The number of rotatable bonds is 29. The smallest absolute Gasteiger partial charge is 0.306 e. The van der Waals surface area contributed by atoms with Crippen LogP contribution in [-0.4, -0.2) is 115 Å². The number of aliphatic hydroxyl groups excluding tert-OH is 4. The van der Waals surface area contributed by atoms with Crippen LogP contribution in [0.5, 0.6) is 0 Å². The molecule has 2 rings (SSSR count). The van der Waals surface area contributed by atoms with Crippen molar-refractivity contribution in [3.8, 4) is 0 Å². The van der Waals surface area contributed by atoms with Gasteiger partial charge in [0, 0.05) is 24.3 Å². The molecule has 0 saturated carbocycles. The summed E-state index contributed by atoms with van der Waals surface area (Å²) in [5, 5.41) is 50.0. The van der Waals surface area contributed by atoms with Gasteiger partial charge in [-0.3, -0.25) is 14.4 Å². The number of hydrogen-bond donors (Lipinski definition) is 6. The van der Waals surface area contributed by atoms with E-state index >= 15 is 0 Å². The second kappa shape index (κ2) is 27.3. The molecule has 1 aromatic heterocycles. The number of thioether (sulfide) groups is 1. The number of carbonyl (C=O) groups is 3. The van der Waals surface area contributed by atoms with Gasteiger partial charge in [0.15, 0.2) is 12.0 Å². The number of nitrogens with zero attached hydrogens (tertiary/aromatic N) is 3. The first-order valence-electron chi connectivity index (χ1n) is 19.3. The number of aromatic nitrogens is 3. The minimum absolute atomic E-state index is 0.00131. The molecule has 0 bridgehead atoms. The third-order valence-electron chi connectivity index (χ3n) is 9.02. The molecule has 300 valence electrons. The summed E-state index contributed by atoms with van der Waals surface area (Å²) in [4.78, 5) is 38.0. The summed E-state index contributed by atoms with van der Waals surface area (Å²) in [6, 6.07) is -0.986. The van der Waals surface area contributed by atoms with Gasteiger partial charge in [0.05, 0.1) is 18.8 Å². The molecule has 2 heterocycles. The summed E-state index contributed by atoms with van der Waals surface area (Å²) in [6.45, 7) is 3.71. The highest BCUT2D eigenvalue weighted by Gasteiger charge is 2.44. The lowest BCUT2D eigenvalue weighted by Crippen LogP contribution is -2.56. The van der Waals surface area contributed by atoms with E-state index in [9.17, 15) is 34.8 Å². The molecule has 16 heteroatoms. The fraction of sp³-hybridized carbons (Fsp3) is 0.861. The quantitative estimate of drug-likeness (QED) is 0.0505. The number of unbranched alkanes of at least 4 members (excludes halogenated alkanes) is 14. The van der Waals surface area contributed by atoms with Crippen LogP contribution in [0, 0.1) is 0 Å². The third-order valence-corrected chi connectivity index (χ3v) is 10.2. The lowest BCUT2D eigenvalue weighted by molar-refractivity contribution is -0.254. The van der Waals surface area contributed by atoms with Gasteiger partial charge in [0.25, 0.3) is 0 Å². The van der Waals surface area contributed by atoms with Crippen molar-refractivity contribution in [3.05, 3.63) is 6.20 Å². The topological polar surface area (TPSA) is 229 Å². The Morgan fingerprint density at radius 2 is 1.40 bits per heavy atom. The molecule has 1 aromatic rings. The Bertz CT molecular complexity index is 1130. The fourth-order valence-electron chi connectivity index (χ4n) is 5.81.